The van der Waals surface area contributed by atoms with Gasteiger partial charge in [0.2, 0.25) is 0 Å². The second kappa shape index (κ2) is 5.95. The van der Waals surface area contributed by atoms with Crippen LogP contribution in [0, 0.1) is 34.5 Å². The molecule has 1 heterocycles. The Morgan fingerprint density at radius 2 is 1.67 bits per heavy atom. The molecule has 154 valence electrons. The first kappa shape index (κ1) is 18.9. The Bertz CT molecular complexity index is 607. The summed E-state index contributed by atoms with van der Waals surface area (Å²) in [5.74, 6) is 3.51. The molecule has 27 heavy (non-hydrogen) atoms. The molecule has 5 aliphatic rings. The van der Waals surface area contributed by atoms with Crippen molar-refractivity contribution in [3.05, 3.63) is 0 Å². The highest BCUT2D eigenvalue weighted by atomic mass is 16.3. The van der Waals surface area contributed by atoms with Crippen LogP contribution in [0.2, 0.25) is 0 Å². The van der Waals surface area contributed by atoms with Crippen molar-refractivity contribution in [2.24, 2.45) is 34.5 Å². The van der Waals surface area contributed by atoms with Crippen molar-refractivity contribution in [2.75, 3.05) is 27.7 Å². The third-order valence-corrected chi connectivity index (χ3v) is 11.1. The lowest BCUT2D eigenvalue weighted by molar-refractivity contribution is -0.212. The maximum absolute atomic E-state index is 11.9. The molecular weight excluding hydrogens is 332 g/mol. The van der Waals surface area contributed by atoms with E-state index in [2.05, 4.69) is 44.8 Å². The van der Waals surface area contributed by atoms with Gasteiger partial charge in [-0.25, -0.2) is 0 Å². The molecule has 9 atom stereocenters. The lowest BCUT2D eigenvalue weighted by Gasteiger charge is -2.64. The van der Waals surface area contributed by atoms with Gasteiger partial charge in [-0.1, -0.05) is 6.92 Å². The molecular formula is C24H42N2O. The van der Waals surface area contributed by atoms with Crippen molar-refractivity contribution in [2.45, 2.75) is 89.3 Å². The monoisotopic (exact) mass is 374 g/mol. The zero-order valence-corrected chi connectivity index (χ0v) is 18.4. The van der Waals surface area contributed by atoms with Gasteiger partial charge in [0.25, 0.3) is 0 Å². The van der Waals surface area contributed by atoms with Crippen LogP contribution in [0.5, 0.6) is 0 Å². The maximum atomic E-state index is 11.9. The standard InChI is InChI=1S/C24H42N2O/c1-16-19-6-7-21-18-9-13-24(27)14-17(25(3)4)8-11-22(24,2)20(18)10-12-23(19,21)15-26(16)5/h16-21,27H,6-15H2,1-5H3/t16-,17+,18-,19-,20+,21+,22-,23+,24-/m1/s1. The highest BCUT2D eigenvalue weighted by molar-refractivity contribution is 5.18. The largest absolute Gasteiger partial charge is 0.389 e. The normalized spacial score (nSPS) is 57.9. The van der Waals surface area contributed by atoms with E-state index in [9.17, 15) is 5.11 Å². The summed E-state index contributed by atoms with van der Waals surface area (Å²) in [5.41, 5.74) is 0.337. The minimum Gasteiger partial charge on any atom is -0.389 e. The first-order valence-electron chi connectivity index (χ1n) is 11.8. The fourth-order valence-corrected chi connectivity index (χ4v) is 9.47. The number of fused-ring (bicyclic) bond motifs is 4. The van der Waals surface area contributed by atoms with Crippen LogP contribution in [0.1, 0.15) is 71.6 Å². The van der Waals surface area contributed by atoms with Crippen LogP contribution in [-0.2, 0) is 0 Å². The van der Waals surface area contributed by atoms with E-state index < -0.39 is 5.60 Å². The summed E-state index contributed by atoms with van der Waals surface area (Å²) in [5, 5.41) is 11.9. The van der Waals surface area contributed by atoms with Gasteiger partial charge in [-0.3, -0.25) is 0 Å². The Morgan fingerprint density at radius 1 is 0.926 bits per heavy atom. The number of rotatable bonds is 1. The van der Waals surface area contributed by atoms with E-state index in [1.165, 1.54) is 51.5 Å². The lowest BCUT2D eigenvalue weighted by Crippen LogP contribution is -2.64. The van der Waals surface area contributed by atoms with Gasteiger partial charge in [0.05, 0.1) is 5.60 Å². The van der Waals surface area contributed by atoms with Crippen molar-refractivity contribution in [3.8, 4) is 0 Å². The Morgan fingerprint density at radius 3 is 2.41 bits per heavy atom. The van der Waals surface area contributed by atoms with Gasteiger partial charge in [0.1, 0.15) is 0 Å². The Labute approximate surface area is 166 Å². The Hall–Kier alpha value is -0.120. The lowest BCUT2D eigenvalue weighted by atomic mass is 9.43. The summed E-state index contributed by atoms with van der Waals surface area (Å²) >= 11 is 0. The quantitative estimate of drug-likeness (QED) is 0.751. The fourth-order valence-electron chi connectivity index (χ4n) is 9.47. The zero-order chi connectivity index (χ0) is 19.2. The van der Waals surface area contributed by atoms with Gasteiger partial charge in [-0.15, -0.1) is 0 Å². The second-order valence-corrected chi connectivity index (χ2v) is 11.8. The summed E-state index contributed by atoms with van der Waals surface area (Å²) in [6.07, 6.45) is 11.6. The van der Waals surface area contributed by atoms with Gasteiger partial charge >= 0.3 is 0 Å². The van der Waals surface area contributed by atoms with Gasteiger partial charge in [0, 0.05) is 18.6 Å². The van der Waals surface area contributed by atoms with E-state index in [-0.39, 0.29) is 5.41 Å². The molecule has 4 aliphatic carbocycles. The van der Waals surface area contributed by atoms with Crippen LogP contribution in [0.15, 0.2) is 0 Å². The zero-order valence-electron chi connectivity index (χ0n) is 18.4. The van der Waals surface area contributed by atoms with Gasteiger partial charge in [-0.2, -0.15) is 0 Å². The van der Waals surface area contributed by atoms with E-state index in [4.69, 9.17) is 0 Å². The molecule has 3 heteroatoms. The minimum atomic E-state index is -0.427. The van der Waals surface area contributed by atoms with Gasteiger partial charge in [-0.05, 0) is 120 Å². The highest BCUT2D eigenvalue weighted by Gasteiger charge is 2.67. The maximum Gasteiger partial charge on any atom is 0.0718 e. The molecule has 4 saturated carbocycles. The first-order chi connectivity index (χ1) is 12.7. The number of hydrogen-bond acceptors (Lipinski definition) is 3. The average molecular weight is 375 g/mol. The van der Waals surface area contributed by atoms with Crippen LogP contribution in [0.25, 0.3) is 0 Å². The molecule has 5 rings (SSSR count). The van der Waals surface area contributed by atoms with Crippen molar-refractivity contribution in [3.63, 3.8) is 0 Å². The van der Waals surface area contributed by atoms with E-state index in [0.717, 1.165) is 42.6 Å². The van der Waals surface area contributed by atoms with Crippen molar-refractivity contribution in [1.82, 2.24) is 9.80 Å². The molecule has 0 aromatic rings. The molecule has 0 unspecified atom stereocenters. The minimum absolute atomic E-state index is 0.151. The Balaban J connectivity index is 1.44. The number of hydrogen-bond donors (Lipinski definition) is 1. The topological polar surface area (TPSA) is 26.7 Å². The van der Waals surface area contributed by atoms with E-state index in [1.807, 2.05) is 0 Å². The van der Waals surface area contributed by atoms with Crippen LogP contribution < -0.4 is 0 Å². The molecule has 0 aromatic carbocycles. The van der Waals surface area contributed by atoms with Crippen LogP contribution in [0.3, 0.4) is 0 Å². The summed E-state index contributed by atoms with van der Waals surface area (Å²) in [6, 6.07) is 1.34. The summed E-state index contributed by atoms with van der Waals surface area (Å²) in [6.45, 7) is 6.32. The molecule has 1 N–H and O–H groups in total. The molecule has 0 bridgehead atoms. The number of nitrogens with zero attached hydrogens (tertiary/aromatic N) is 2. The second-order valence-electron chi connectivity index (χ2n) is 11.8. The number of likely N-dealkylation sites (tertiary alicyclic amines) is 1. The molecule has 0 radical (unpaired) electrons. The van der Waals surface area contributed by atoms with Gasteiger partial charge < -0.3 is 14.9 Å². The Kier molecular flexibility index (Phi) is 4.16. The average Bonchev–Trinajstić information content (AvgIpc) is 3.09. The predicted molar refractivity (Wildman–Crippen MR) is 111 cm³/mol. The predicted octanol–water partition coefficient (Wildman–Crippen LogP) is 4.00. The SMILES string of the molecule is C[C@@H]1[C@H]2CC[C@H]3[C@@H]4CC[C@@]5(O)C[C@@H](N(C)C)CC[C@]5(C)[C@H]4CC[C@]23CN1C. The summed E-state index contributed by atoms with van der Waals surface area (Å²) in [4.78, 5) is 5.02. The summed E-state index contributed by atoms with van der Waals surface area (Å²) < 4.78 is 0. The molecule has 1 saturated heterocycles. The summed E-state index contributed by atoms with van der Waals surface area (Å²) in [7, 11) is 6.76. The molecule has 1 spiro atoms. The van der Waals surface area contributed by atoms with E-state index in [0.29, 0.717) is 11.5 Å². The molecule has 3 nitrogen and oxygen atoms in total. The molecule has 1 aliphatic heterocycles. The first-order valence-corrected chi connectivity index (χ1v) is 11.8. The number of aliphatic hydroxyl groups is 1. The molecule has 0 amide bonds. The van der Waals surface area contributed by atoms with Crippen molar-refractivity contribution in [1.29, 1.82) is 0 Å². The van der Waals surface area contributed by atoms with Gasteiger partial charge in [0.15, 0.2) is 0 Å². The molecule has 0 aromatic heterocycles. The van der Waals surface area contributed by atoms with Crippen LogP contribution in [-0.4, -0.2) is 60.3 Å². The van der Waals surface area contributed by atoms with E-state index in [1.54, 1.807) is 0 Å². The molecule has 5 fully saturated rings. The third kappa shape index (κ3) is 2.31. The van der Waals surface area contributed by atoms with Crippen molar-refractivity contribution >= 4 is 0 Å². The highest BCUT2D eigenvalue weighted by Crippen LogP contribution is 2.70. The fraction of sp³-hybridized carbons (Fsp3) is 1.00. The van der Waals surface area contributed by atoms with Crippen LogP contribution in [0.4, 0.5) is 0 Å². The van der Waals surface area contributed by atoms with E-state index >= 15 is 0 Å². The van der Waals surface area contributed by atoms with Crippen LogP contribution >= 0.6 is 0 Å². The smallest absolute Gasteiger partial charge is 0.0718 e. The van der Waals surface area contributed by atoms with Crippen molar-refractivity contribution < 1.29 is 5.11 Å². The third-order valence-electron chi connectivity index (χ3n) is 11.1.